The number of ether oxygens (including phenoxy) is 1. The van der Waals surface area contributed by atoms with Gasteiger partial charge in [-0.3, -0.25) is 0 Å². The van der Waals surface area contributed by atoms with E-state index in [-0.39, 0.29) is 6.61 Å². The molecule has 0 bridgehead atoms. The van der Waals surface area contributed by atoms with Crippen molar-refractivity contribution in [3.05, 3.63) is 12.3 Å². The lowest BCUT2D eigenvalue weighted by Gasteiger charge is -1.90. The van der Waals surface area contributed by atoms with Crippen molar-refractivity contribution in [2.75, 3.05) is 6.61 Å². The van der Waals surface area contributed by atoms with Crippen molar-refractivity contribution in [1.82, 2.24) is 0 Å². The summed E-state index contributed by atoms with van der Waals surface area (Å²) < 4.78 is 3.93. The molecule has 0 amide bonds. The number of aliphatic hydroxyl groups is 2. The molecule has 0 radical (unpaired) electrons. The number of carbonyl (C=O) groups is 1. The van der Waals surface area contributed by atoms with Crippen molar-refractivity contribution in [3.8, 4) is 0 Å². The van der Waals surface area contributed by atoms with E-state index in [1.54, 1.807) is 6.92 Å². The van der Waals surface area contributed by atoms with Gasteiger partial charge in [-0.25, -0.2) is 4.79 Å². The summed E-state index contributed by atoms with van der Waals surface area (Å²) in [6.07, 6.45) is 0.754. The van der Waals surface area contributed by atoms with Gasteiger partial charge < -0.3 is 20.1 Å². The van der Waals surface area contributed by atoms with Gasteiger partial charge in [-0.2, -0.15) is 0 Å². The second-order valence-corrected chi connectivity index (χ2v) is 1.88. The van der Waals surface area contributed by atoms with Crippen molar-refractivity contribution in [3.63, 3.8) is 0 Å². The van der Waals surface area contributed by atoms with Crippen LogP contribution >= 0.6 is 0 Å². The first-order chi connectivity index (χ1) is 5.54. The summed E-state index contributed by atoms with van der Waals surface area (Å²) in [6, 6.07) is 0. The minimum absolute atomic E-state index is 0.139. The standard InChI is InChI=1S/C4H6O3.C3H8O2/c1-2-3-7-4(5)6;1-3(5)2-4/h2-3H,1H3,(H,5,6);3-5H,2H2,1H3/b3-2+;. The number of allylic oxidation sites excluding steroid dienone is 1. The highest BCUT2D eigenvalue weighted by molar-refractivity contribution is 5.57. The molecule has 0 fully saturated rings. The van der Waals surface area contributed by atoms with E-state index in [0.29, 0.717) is 0 Å². The van der Waals surface area contributed by atoms with Gasteiger partial charge in [0.15, 0.2) is 0 Å². The molecule has 3 N–H and O–H groups in total. The fourth-order valence-corrected chi connectivity index (χ4v) is 0.126. The van der Waals surface area contributed by atoms with Crippen LogP contribution in [0.3, 0.4) is 0 Å². The Balaban J connectivity index is 0. The zero-order valence-electron chi connectivity index (χ0n) is 7.10. The van der Waals surface area contributed by atoms with E-state index in [1.165, 1.54) is 13.0 Å². The summed E-state index contributed by atoms with van der Waals surface area (Å²) in [5.74, 6) is 0. The Bertz CT molecular complexity index is 130. The van der Waals surface area contributed by atoms with Crippen LogP contribution in [-0.2, 0) is 4.74 Å². The van der Waals surface area contributed by atoms with Crippen LogP contribution < -0.4 is 0 Å². The largest absolute Gasteiger partial charge is 0.510 e. The van der Waals surface area contributed by atoms with E-state index in [1.807, 2.05) is 0 Å². The molecule has 0 aromatic carbocycles. The van der Waals surface area contributed by atoms with E-state index in [0.717, 1.165) is 6.26 Å². The number of aliphatic hydroxyl groups excluding tert-OH is 2. The summed E-state index contributed by atoms with van der Waals surface area (Å²) >= 11 is 0. The molecule has 0 aromatic rings. The number of rotatable bonds is 2. The molecule has 0 heterocycles. The van der Waals surface area contributed by atoms with E-state index >= 15 is 0 Å². The molecular formula is C7H14O5. The summed E-state index contributed by atoms with van der Waals surface area (Å²) in [6.45, 7) is 3.06. The Kier molecular flexibility index (Phi) is 11.2. The molecule has 0 aromatic heterocycles. The van der Waals surface area contributed by atoms with Gasteiger partial charge in [0.2, 0.25) is 0 Å². The number of hydrogen-bond acceptors (Lipinski definition) is 4. The molecule has 5 heteroatoms. The molecule has 0 saturated carbocycles. The fourth-order valence-electron chi connectivity index (χ4n) is 0.126. The topological polar surface area (TPSA) is 87.0 Å². The van der Waals surface area contributed by atoms with Crippen molar-refractivity contribution < 1.29 is 24.9 Å². The highest BCUT2D eigenvalue weighted by Crippen LogP contribution is 1.75. The highest BCUT2D eigenvalue weighted by atomic mass is 16.7. The predicted octanol–water partition coefficient (Wildman–Crippen LogP) is 0.574. The van der Waals surface area contributed by atoms with Crippen LogP contribution in [0.2, 0.25) is 0 Å². The third-order valence-electron chi connectivity index (χ3n) is 0.569. The van der Waals surface area contributed by atoms with Gasteiger partial charge in [0, 0.05) is 0 Å². The molecule has 12 heavy (non-hydrogen) atoms. The van der Waals surface area contributed by atoms with Crippen molar-refractivity contribution >= 4 is 6.16 Å². The highest BCUT2D eigenvalue weighted by Gasteiger charge is 1.85. The normalized spacial score (nSPS) is 11.7. The number of hydrogen-bond donors (Lipinski definition) is 3. The first-order valence-electron chi connectivity index (χ1n) is 3.34. The van der Waals surface area contributed by atoms with Crippen LogP contribution in [0.1, 0.15) is 13.8 Å². The van der Waals surface area contributed by atoms with Crippen LogP contribution in [0, 0.1) is 0 Å². The van der Waals surface area contributed by atoms with Crippen molar-refractivity contribution in [2.45, 2.75) is 20.0 Å². The molecule has 1 unspecified atom stereocenters. The van der Waals surface area contributed by atoms with Crippen LogP contribution in [0.4, 0.5) is 4.79 Å². The lowest BCUT2D eigenvalue weighted by molar-refractivity contribution is 0.110. The SMILES string of the molecule is C/C=C/OC(=O)O.CC(O)CO. The Morgan fingerprint density at radius 1 is 1.67 bits per heavy atom. The molecule has 5 nitrogen and oxygen atoms in total. The summed E-state index contributed by atoms with van der Waals surface area (Å²) in [7, 11) is 0. The van der Waals surface area contributed by atoms with Gasteiger partial charge in [-0.15, -0.1) is 0 Å². The molecule has 0 rings (SSSR count). The minimum Gasteiger partial charge on any atom is -0.449 e. The first-order valence-corrected chi connectivity index (χ1v) is 3.34. The molecular weight excluding hydrogens is 164 g/mol. The summed E-state index contributed by atoms with van der Waals surface area (Å²) in [5, 5.41) is 23.8. The second-order valence-electron chi connectivity index (χ2n) is 1.88. The third-order valence-corrected chi connectivity index (χ3v) is 0.569. The molecule has 72 valence electrons. The average molecular weight is 178 g/mol. The predicted molar refractivity (Wildman–Crippen MR) is 42.7 cm³/mol. The van der Waals surface area contributed by atoms with Gasteiger partial charge in [0.25, 0.3) is 0 Å². The maximum Gasteiger partial charge on any atom is 0.510 e. The van der Waals surface area contributed by atoms with Gasteiger partial charge in [0.1, 0.15) is 0 Å². The van der Waals surface area contributed by atoms with Crippen LogP contribution in [0.25, 0.3) is 0 Å². The molecule has 1 atom stereocenters. The monoisotopic (exact) mass is 178 g/mol. The van der Waals surface area contributed by atoms with E-state index < -0.39 is 12.3 Å². The van der Waals surface area contributed by atoms with Crippen LogP contribution in [-0.4, -0.2) is 34.2 Å². The van der Waals surface area contributed by atoms with Gasteiger partial charge in [-0.1, -0.05) is 6.08 Å². The second kappa shape index (κ2) is 9.93. The van der Waals surface area contributed by atoms with Gasteiger partial charge in [-0.05, 0) is 13.8 Å². The Hall–Kier alpha value is -1.07. The maximum absolute atomic E-state index is 9.48. The van der Waals surface area contributed by atoms with Crippen molar-refractivity contribution in [2.24, 2.45) is 0 Å². The molecule has 0 aliphatic heterocycles. The molecule has 0 aliphatic rings. The van der Waals surface area contributed by atoms with Crippen LogP contribution in [0.15, 0.2) is 12.3 Å². The molecule has 0 aliphatic carbocycles. The molecule has 0 saturated heterocycles. The van der Waals surface area contributed by atoms with E-state index in [9.17, 15) is 4.79 Å². The molecule has 0 spiro atoms. The van der Waals surface area contributed by atoms with E-state index in [2.05, 4.69) is 4.74 Å². The van der Waals surface area contributed by atoms with Gasteiger partial charge >= 0.3 is 6.16 Å². The van der Waals surface area contributed by atoms with E-state index in [4.69, 9.17) is 15.3 Å². The fraction of sp³-hybridized carbons (Fsp3) is 0.571. The maximum atomic E-state index is 9.48. The van der Waals surface area contributed by atoms with Gasteiger partial charge in [0.05, 0.1) is 19.0 Å². The Labute approximate surface area is 70.9 Å². The van der Waals surface area contributed by atoms with Crippen LogP contribution in [0.5, 0.6) is 0 Å². The average Bonchev–Trinajstić information content (AvgIpc) is 2.02. The lowest BCUT2D eigenvalue weighted by atomic mass is 10.5. The smallest absolute Gasteiger partial charge is 0.449 e. The van der Waals surface area contributed by atoms with Crippen molar-refractivity contribution in [1.29, 1.82) is 0 Å². The Morgan fingerprint density at radius 2 is 2.08 bits per heavy atom. The lowest BCUT2D eigenvalue weighted by Crippen LogP contribution is -2.03. The zero-order chi connectivity index (χ0) is 9.98. The third kappa shape index (κ3) is 23.1. The number of carboxylic acid groups (broad SMARTS) is 1. The zero-order valence-corrected chi connectivity index (χ0v) is 7.10. The quantitative estimate of drug-likeness (QED) is 0.425. The summed E-state index contributed by atoms with van der Waals surface area (Å²) in [5.41, 5.74) is 0. The minimum atomic E-state index is -1.28. The first kappa shape index (κ1) is 13.5. The summed E-state index contributed by atoms with van der Waals surface area (Å²) in [4.78, 5) is 9.48. The Morgan fingerprint density at radius 3 is 2.17 bits per heavy atom.